The van der Waals surface area contributed by atoms with Gasteiger partial charge in [0, 0.05) is 0 Å². The molecule has 0 aromatic carbocycles. The van der Waals surface area contributed by atoms with Gasteiger partial charge in [-0.15, -0.1) is 0 Å². The molecule has 3 heteroatoms. The van der Waals surface area contributed by atoms with E-state index in [1.165, 1.54) is 0 Å². The van der Waals surface area contributed by atoms with Crippen molar-refractivity contribution in [1.82, 2.24) is 0 Å². The van der Waals surface area contributed by atoms with Crippen LogP contribution in [-0.4, -0.2) is 16.5 Å². The number of rotatable bonds is 1. The highest BCUT2D eigenvalue weighted by Gasteiger charge is 1.75. The van der Waals surface area contributed by atoms with E-state index in [1.54, 1.807) is 0 Å². The molecule has 0 aliphatic carbocycles. The molecule has 3 nitrogen and oxygen atoms in total. The largest absolute Gasteiger partial charge is 0.481 e. The van der Waals surface area contributed by atoms with Crippen molar-refractivity contribution in [3.63, 3.8) is 0 Å². The van der Waals surface area contributed by atoms with E-state index in [-0.39, 0.29) is 0 Å². The molecule has 0 atom stereocenters. The van der Waals surface area contributed by atoms with E-state index in [4.69, 9.17) is 15.0 Å². The topological polar surface area (TPSA) is 57.5 Å². The van der Waals surface area contributed by atoms with Crippen LogP contribution in [0.15, 0.2) is 12.0 Å². The van der Waals surface area contributed by atoms with Crippen LogP contribution in [0.4, 0.5) is 0 Å². The third-order valence-corrected chi connectivity index (χ3v) is 0.188. The third-order valence-electron chi connectivity index (χ3n) is 0.188. The van der Waals surface area contributed by atoms with E-state index in [0.29, 0.717) is 6.08 Å². The summed E-state index contributed by atoms with van der Waals surface area (Å²) in [5.74, 6) is -1.01. The van der Waals surface area contributed by atoms with Crippen molar-refractivity contribution in [3.8, 4) is 0 Å². The van der Waals surface area contributed by atoms with E-state index >= 15 is 0 Å². The Kier molecular flexibility index (Phi) is 1.89. The summed E-state index contributed by atoms with van der Waals surface area (Å²) in [6.07, 6.45) is 1.67. The lowest BCUT2D eigenvalue weighted by molar-refractivity contribution is 0.192. The number of aliphatic hydroxyl groups is 2. The number of aliphatic hydroxyl groups excluding tert-OH is 1. The van der Waals surface area contributed by atoms with Crippen LogP contribution in [0.1, 0.15) is 0 Å². The Labute approximate surface area is 34.5 Å². The summed E-state index contributed by atoms with van der Waals surface area (Å²) in [6, 6.07) is 0. The molecule has 0 fully saturated rings. The minimum Gasteiger partial charge on any atom is -0.481 e. The van der Waals surface area contributed by atoms with Gasteiger partial charge in [0.25, 0.3) is 5.95 Å². The molecule has 0 unspecified atom stereocenters. The van der Waals surface area contributed by atoms with Gasteiger partial charge in [0.1, 0.15) is 0 Å². The highest BCUT2D eigenvalue weighted by Crippen LogP contribution is 1.69. The number of allylic oxidation sites excluding steroid dienone is 1. The summed E-state index contributed by atoms with van der Waals surface area (Å²) in [4.78, 5) is 9.09. The first kappa shape index (κ1) is 5.01. The molecule has 0 spiro atoms. The van der Waals surface area contributed by atoms with Gasteiger partial charge in [-0.1, -0.05) is 0 Å². The average Bonchev–Trinajstić information content (AvgIpc) is 1.35. The third kappa shape index (κ3) is 3.01. The van der Waals surface area contributed by atoms with Gasteiger partial charge in [-0.3, -0.25) is 4.79 Å². The Bertz CT molecular complexity index is 70.1. The fourth-order valence-corrected chi connectivity index (χ4v) is 0.0527. The van der Waals surface area contributed by atoms with Crippen LogP contribution in [0, 0.1) is 0 Å². The molecule has 2 N–H and O–H groups in total. The molecule has 0 aliphatic rings. The lowest BCUT2D eigenvalue weighted by atomic mass is 10.7. The average molecular weight is 87.1 g/mol. The van der Waals surface area contributed by atoms with E-state index in [2.05, 4.69) is 0 Å². The lowest BCUT2D eigenvalue weighted by Gasteiger charge is -1.73. The summed E-state index contributed by atoms with van der Waals surface area (Å²) >= 11 is 0. The molecule has 0 bridgehead atoms. The standard InChI is InChI=1S/C3H3O3/c4-2-1-3(5)6/h1,5-6H. The van der Waals surface area contributed by atoms with Gasteiger partial charge in [0.2, 0.25) is 6.29 Å². The minimum absolute atomic E-state index is 0.514. The Morgan fingerprint density at radius 1 is 1.67 bits per heavy atom. The smallest absolute Gasteiger partial charge is 0.278 e. The van der Waals surface area contributed by atoms with E-state index in [1.807, 2.05) is 0 Å². The van der Waals surface area contributed by atoms with Crippen molar-refractivity contribution >= 4 is 6.29 Å². The summed E-state index contributed by atoms with van der Waals surface area (Å²) in [6.45, 7) is 0. The Balaban J connectivity index is 3.41. The van der Waals surface area contributed by atoms with Crippen molar-refractivity contribution < 1.29 is 15.0 Å². The van der Waals surface area contributed by atoms with Gasteiger partial charge in [0.15, 0.2) is 0 Å². The fraction of sp³-hybridized carbons (Fsp3) is 0. The summed E-state index contributed by atoms with van der Waals surface area (Å²) in [5, 5.41) is 15.4. The van der Waals surface area contributed by atoms with E-state index < -0.39 is 5.95 Å². The molecular weight excluding hydrogens is 84.0 g/mol. The van der Waals surface area contributed by atoms with Crippen molar-refractivity contribution in [1.29, 1.82) is 0 Å². The first-order chi connectivity index (χ1) is 2.77. The van der Waals surface area contributed by atoms with Gasteiger partial charge < -0.3 is 10.2 Å². The van der Waals surface area contributed by atoms with Gasteiger partial charge in [-0.2, -0.15) is 0 Å². The second kappa shape index (κ2) is 2.26. The van der Waals surface area contributed by atoms with Crippen LogP contribution in [0.25, 0.3) is 0 Å². The monoisotopic (exact) mass is 87.0 g/mol. The highest BCUT2D eigenvalue weighted by atomic mass is 16.5. The maximum atomic E-state index is 9.09. The van der Waals surface area contributed by atoms with Gasteiger partial charge in [0.05, 0.1) is 6.08 Å². The minimum atomic E-state index is -1.01. The molecule has 0 saturated carbocycles. The number of hydrogen-bond acceptors (Lipinski definition) is 3. The highest BCUT2D eigenvalue weighted by molar-refractivity contribution is 5.65. The molecule has 0 aromatic rings. The lowest BCUT2D eigenvalue weighted by Crippen LogP contribution is -1.73. The molecule has 0 rings (SSSR count). The van der Waals surface area contributed by atoms with Gasteiger partial charge >= 0.3 is 0 Å². The van der Waals surface area contributed by atoms with Crippen LogP contribution in [-0.2, 0) is 4.79 Å². The van der Waals surface area contributed by atoms with E-state index in [0.717, 1.165) is 6.29 Å². The van der Waals surface area contributed by atoms with Crippen LogP contribution in [0.2, 0.25) is 0 Å². The fourth-order valence-electron chi connectivity index (χ4n) is 0.0527. The van der Waals surface area contributed by atoms with Gasteiger partial charge in [-0.05, 0) is 0 Å². The predicted molar refractivity (Wildman–Crippen MR) is 19.0 cm³/mol. The predicted octanol–water partition coefficient (Wildman–Crippen LogP) is 0.0535. The number of hydrogen-bond donors (Lipinski definition) is 2. The summed E-state index contributed by atoms with van der Waals surface area (Å²) in [5.41, 5.74) is 0. The van der Waals surface area contributed by atoms with Crippen LogP contribution in [0.3, 0.4) is 0 Å². The quantitative estimate of drug-likeness (QED) is 0.351. The number of carbonyl (C=O) groups excluding carboxylic acids is 1. The molecule has 33 valence electrons. The zero-order valence-corrected chi connectivity index (χ0v) is 2.88. The van der Waals surface area contributed by atoms with Gasteiger partial charge in [-0.25, -0.2) is 0 Å². The zero-order valence-electron chi connectivity index (χ0n) is 2.88. The molecule has 1 radical (unpaired) electrons. The molecule has 0 heterocycles. The normalized spacial score (nSPS) is 6.67. The Morgan fingerprint density at radius 3 is 2.17 bits per heavy atom. The molecule has 0 amide bonds. The van der Waals surface area contributed by atoms with Crippen molar-refractivity contribution in [2.75, 3.05) is 0 Å². The molecule has 0 aromatic heterocycles. The van der Waals surface area contributed by atoms with Crippen LogP contribution in [0.5, 0.6) is 0 Å². The zero-order chi connectivity index (χ0) is 4.99. The van der Waals surface area contributed by atoms with Crippen LogP contribution >= 0.6 is 0 Å². The first-order valence-corrected chi connectivity index (χ1v) is 1.23. The SMILES string of the molecule is O=[C]C=C(O)O. The summed E-state index contributed by atoms with van der Waals surface area (Å²) in [7, 11) is 0. The summed E-state index contributed by atoms with van der Waals surface area (Å²) < 4.78 is 0. The molecular formula is C3H3O3. The second-order valence-corrected chi connectivity index (χ2v) is 0.620. The maximum absolute atomic E-state index is 9.09. The molecule has 6 heavy (non-hydrogen) atoms. The molecule has 0 saturated heterocycles. The van der Waals surface area contributed by atoms with E-state index in [9.17, 15) is 0 Å². The van der Waals surface area contributed by atoms with Crippen molar-refractivity contribution in [2.45, 2.75) is 0 Å². The first-order valence-electron chi connectivity index (χ1n) is 1.23. The van der Waals surface area contributed by atoms with Crippen LogP contribution < -0.4 is 0 Å². The van der Waals surface area contributed by atoms with Crippen molar-refractivity contribution in [3.05, 3.63) is 12.0 Å². The molecule has 0 aliphatic heterocycles. The van der Waals surface area contributed by atoms with Crippen molar-refractivity contribution in [2.24, 2.45) is 0 Å². The Morgan fingerprint density at radius 2 is 2.17 bits per heavy atom. The Hall–Kier alpha value is -0.990. The second-order valence-electron chi connectivity index (χ2n) is 0.620. The maximum Gasteiger partial charge on any atom is 0.278 e.